The van der Waals surface area contributed by atoms with Crippen molar-refractivity contribution in [1.29, 1.82) is 5.26 Å². The van der Waals surface area contributed by atoms with Crippen LogP contribution in [0, 0.1) is 17.2 Å². The van der Waals surface area contributed by atoms with E-state index in [2.05, 4.69) is 19.9 Å². The first-order valence-electron chi connectivity index (χ1n) is 5.48. The smallest absolute Gasteiger partial charge is 0.136 e. The Balaban J connectivity index is 2.80. The topological polar surface area (TPSA) is 50.1 Å². The lowest BCUT2D eigenvalue weighted by molar-refractivity contribution is 0.413. The molecule has 92 valence electrons. The molecule has 0 spiro atoms. The summed E-state index contributed by atoms with van der Waals surface area (Å²) >= 11 is 0. The number of hydrogen-bond acceptors (Lipinski definition) is 3. The minimum absolute atomic E-state index is 0.427. The third-order valence-corrected chi connectivity index (χ3v) is 3.93. The summed E-state index contributed by atoms with van der Waals surface area (Å²) in [5.41, 5.74) is 1.45. The molecule has 0 saturated heterocycles. The molecule has 1 rings (SSSR count). The second kappa shape index (κ2) is 6.41. The van der Waals surface area contributed by atoms with Crippen LogP contribution in [0.2, 0.25) is 0 Å². The summed E-state index contributed by atoms with van der Waals surface area (Å²) < 4.78 is 16.9. The van der Waals surface area contributed by atoms with Gasteiger partial charge < -0.3 is 4.74 Å². The first-order valence-corrected chi connectivity index (χ1v) is 6.97. The zero-order valence-electron chi connectivity index (χ0n) is 10.4. The fourth-order valence-corrected chi connectivity index (χ4v) is 2.95. The molecule has 3 nitrogen and oxygen atoms in total. The zero-order valence-corrected chi connectivity index (χ0v) is 11.2. The van der Waals surface area contributed by atoms with Crippen LogP contribution < -0.4 is 4.74 Å². The van der Waals surface area contributed by atoms with Crippen molar-refractivity contribution in [3.63, 3.8) is 0 Å². The van der Waals surface area contributed by atoms with Gasteiger partial charge in [0.2, 0.25) is 0 Å². The standard InChI is InChI=1S/C13H17NO2S/c1-10(2)8-17(15)9-11-4-5-12(7-14)13(6-11)16-3/h4-6,10H,8-9H2,1-3H3. The number of methoxy groups -OCH3 is 1. The average molecular weight is 251 g/mol. The van der Waals surface area contributed by atoms with E-state index in [-0.39, 0.29) is 0 Å². The molecule has 1 unspecified atom stereocenters. The van der Waals surface area contributed by atoms with E-state index in [1.54, 1.807) is 12.1 Å². The van der Waals surface area contributed by atoms with Gasteiger partial charge in [0.05, 0.1) is 12.7 Å². The Labute approximate surface area is 105 Å². The molecule has 0 saturated carbocycles. The van der Waals surface area contributed by atoms with Gasteiger partial charge in [-0.15, -0.1) is 0 Å². The van der Waals surface area contributed by atoms with E-state index in [4.69, 9.17) is 10.00 Å². The van der Waals surface area contributed by atoms with Gasteiger partial charge in [-0.3, -0.25) is 4.21 Å². The maximum Gasteiger partial charge on any atom is 0.136 e. The van der Waals surface area contributed by atoms with E-state index in [9.17, 15) is 4.21 Å². The number of rotatable bonds is 5. The molecule has 4 heteroatoms. The van der Waals surface area contributed by atoms with Crippen LogP contribution in [0.1, 0.15) is 25.0 Å². The molecule has 0 bridgehead atoms. The highest BCUT2D eigenvalue weighted by molar-refractivity contribution is 7.84. The van der Waals surface area contributed by atoms with E-state index >= 15 is 0 Å². The summed E-state index contributed by atoms with van der Waals surface area (Å²) in [7, 11) is 0.674. The van der Waals surface area contributed by atoms with Crippen molar-refractivity contribution in [3.8, 4) is 11.8 Å². The van der Waals surface area contributed by atoms with E-state index in [1.807, 2.05) is 6.07 Å². The molecule has 0 aliphatic carbocycles. The van der Waals surface area contributed by atoms with Gasteiger partial charge in [-0.1, -0.05) is 19.9 Å². The third kappa shape index (κ3) is 4.20. The Morgan fingerprint density at radius 1 is 1.47 bits per heavy atom. The fraction of sp³-hybridized carbons (Fsp3) is 0.462. The highest BCUT2D eigenvalue weighted by Crippen LogP contribution is 2.20. The van der Waals surface area contributed by atoms with Crippen molar-refractivity contribution < 1.29 is 8.95 Å². The summed E-state index contributed by atoms with van der Waals surface area (Å²) in [6, 6.07) is 7.39. The van der Waals surface area contributed by atoms with E-state index in [0.29, 0.717) is 28.7 Å². The molecule has 0 aromatic heterocycles. The van der Waals surface area contributed by atoms with Crippen LogP contribution in [0.5, 0.6) is 5.75 Å². The average Bonchev–Trinajstić information content (AvgIpc) is 2.27. The van der Waals surface area contributed by atoms with Crippen LogP contribution >= 0.6 is 0 Å². The summed E-state index contributed by atoms with van der Waals surface area (Å²) in [5, 5.41) is 8.85. The van der Waals surface area contributed by atoms with Crippen molar-refractivity contribution in [3.05, 3.63) is 29.3 Å². The number of benzene rings is 1. The summed E-state index contributed by atoms with van der Waals surface area (Å²) in [6.45, 7) is 4.11. The molecule has 1 atom stereocenters. The molecule has 0 aliphatic heterocycles. The number of nitriles is 1. The molecule has 0 radical (unpaired) electrons. The number of nitrogens with zero attached hydrogens (tertiary/aromatic N) is 1. The van der Waals surface area contributed by atoms with Crippen molar-refractivity contribution in [1.82, 2.24) is 0 Å². The van der Waals surface area contributed by atoms with Crippen molar-refractivity contribution in [2.45, 2.75) is 19.6 Å². The van der Waals surface area contributed by atoms with Gasteiger partial charge in [0.1, 0.15) is 11.8 Å². The van der Waals surface area contributed by atoms with Gasteiger partial charge in [0.15, 0.2) is 0 Å². The summed E-state index contributed by atoms with van der Waals surface area (Å²) in [5.74, 6) is 2.19. The fourth-order valence-electron chi connectivity index (χ4n) is 1.53. The van der Waals surface area contributed by atoms with Crippen molar-refractivity contribution >= 4 is 10.8 Å². The molecule has 0 N–H and O–H groups in total. The monoisotopic (exact) mass is 251 g/mol. The van der Waals surface area contributed by atoms with Gasteiger partial charge in [0, 0.05) is 22.3 Å². The first kappa shape index (κ1) is 13.7. The second-order valence-electron chi connectivity index (χ2n) is 4.29. The molecule has 0 fully saturated rings. The predicted octanol–water partition coefficient (Wildman–Crippen LogP) is 2.47. The normalized spacial score (nSPS) is 12.2. The van der Waals surface area contributed by atoms with Gasteiger partial charge in [-0.2, -0.15) is 5.26 Å². The van der Waals surface area contributed by atoms with Gasteiger partial charge in [0.25, 0.3) is 0 Å². The maximum atomic E-state index is 11.8. The molecule has 1 aromatic rings. The molecule has 1 aromatic carbocycles. The first-order chi connectivity index (χ1) is 8.06. The van der Waals surface area contributed by atoms with E-state index in [1.165, 1.54) is 7.11 Å². The molecular formula is C13H17NO2S. The number of hydrogen-bond donors (Lipinski definition) is 0. The van der Waals surface area contributed by atoms with Crippen LogP contribution in [0.15, 0.2) is 18.2 Å². The Kier molecular flexibility index (Phi) is 5.17. The minimum Gasteiger partial charge on any atom is -0.495 e. The van der Waals surface area contributed by atoms with Crippen molar-refractivity contribution in [2.24, 2.45) is 5.92 Å². The highest BCUT2D eigenvalue weighted by atomic mass is 32.2. The SMILES string of the molecule is COc1cc(CS(=O)CC(C)C)ccc1C#N. The lowest BCUT2D eigenvalue weighted by Crippen LogP contribution is -2.06. The molecule has 17 heavy (non-hydrogen) atoms. The van der Waals surface area contributed by atoms with Crippen LogP contribution in [0.25, 0.3) is 0 Å². The van der Waals surface area contributed by atoms with Crippen LogP contribution in [-0.4, -0.2) is 17.1 Å². The van der Waals surface area contributed by atoms with E-state index in [0.717, 1.165) is 5.56 Å². The Bertz CT molecular complexity index is 449. The summed E-state index contributed by atoms with van der Waals surface area (Å²) in [6.07, 6.45) is 0. The third-order valence-electron chi connectivity index (χ3n) is 2.23. The van der Waals surface area contributed by atoms with Crippen LogP contribution in [0.4, 0.5) is 0 Å². The van der Waals surface area contributed by atoms with Gasteiger partial charge in [-0.25, -0.2) is 0 Å². The minimum atomic E-state index is -0.858. The number of ether oxygens (including phenoxy) is 1. The largest absolute Gasteiger partial charge is 0.495 e. The molecule has 0 heterocycles. The molecular weight excluding hydrogens is 234 g/mol. The highest BCUT2D eigenvalue weighted by Gasteiger charge is 2.08. The predicted molar refractivity (Wildman–Crippen MR) is 69.3 cm³/mol. The lowest BCUT2D eigenvalue weighted by atomic mass is 10.1. The van der Waals surface area contributed by atoms with Crippen LogP contribution in [-0.2, 0) is 16.6 Å². The Morgan fingerprint density at radius 3 is 2.71 bits per heavy atom. The molecule has 0 amide bonds. The summed E-state index contributed by atoms with van der Waals surface area (Å²) in [4.78, 5) is 0. The van der Waals surface area contributed by atoms with Gasteiger partial charge in [-0.05, 0) is 23.6 Å². The quantitative estimate of drug-likeness (QED) is 0.807. The van der Waals surface area contributed by atoms with Gasteiger partial charge >= 0.3 is 0 Å². The van der Waals surface area contributed by atoms with Crippen molar-refractivity contribution in [2.75, 3.05) is 12.9 Å². The Morgan fingerprint density at radius 2 is 2.18 bits per heavy atom. The van der Waals surface area contributed by atoms with Crippen LogP contribution in [0.3, 0.4) is 0 Å². The Hall–Kier alpha value is -1.34. The lowest BCUT2D eigenvalue weighted by Gasteiger charge is -2.07. The van der Waals surface area contributed by atoms with E-state index < -0.39 is 10.8 Å². The molecule has 0 aliphatic rings. The zero-order chi connectivity index (χ0) is 12.8. The second-order valence-corrected chi connectivity index (χ2v) is 5.79. The maximum absolute atomic E-state index is 11.8.